The zero-order valence-electron chi connectivity index (χ0n) is 25.1. The number of aromatic nitrogens is 2. The summed E-state index contributed by atoms with van der Waals surface area (Å²) in [6, 6.07) is 27.9. The quantitative estimate of drug-likeness (QED) is 0.160. The van der Waals surface area contributed by atoms with Gasteiger partial charge >= 0.3 is 0 Å². The lowest BCUT2D eigenvalue weighted by molar-refractivity contribution is 0.0951. The van der Waals surface area contributed by atoms with Crippen molar-refractivity contribution in [2.45, 2.75) is 12.3 Å². The number of H-pyrrole nitrogens is 1. The molecule has 6 rings (SSSR count). The Bertz CT molecular complexity index is 2120. The van der Waals surface area contributed by atoms with Crippen molar-refractivity contribution in [3.8, 4) is 17.2 Å². The van der Waals surface area contributed by atoms with Crippen molar-refractivity contribution in [2.75, 3.05) is 20.8 Å². The molecule has 0 bridgehead atoms. The molecule has 1 amide bonds. The number of para-hydroxylation sites is 2. The predicted octanol–water partition coefficient (Wildman–Crippen LogP) is 6.66. The molecule has 8 nitrogen and oxygen atoms in total. The SMILES string of the molecule is COc1ccc2[nH]c(C(c3cccc(Br)c3)c3c(O)c4ccccc4n(C)c3=O)c(CCNC(=O)c3ccccc3OC)c2c1. The van der Waals surface area contributed by atoms with Crippen LogP contribution in [0.15, 0.2) is 100 Å². The van der Waals surface area contributed by atoms with Gasteiger partial charge in [-0.2, -0.15) is 0 Å². The van der Waals surface area contributed by atoms with E-state index in [1.807, 2.05) is 72.8 Å². The van der Waals surface area contributed by atoms with E-state index in [9.17, 15) is 14.7 Å². The highest BCUT2D eigenvalue weighted by molar-refractivity contribution is 9.10. The lowest BCUT2D eigenvalue weighted by Gasteiger charge is -2.22. The maximum Gasteiger partial charge on any atom is 0.258 e. The molecule has 2 aromatic heterocycles. The Balaban J connectivity index is 1.53. The fourth-order valence-corrected chi connectivity index (χ4v) is 6.46. The Hall–Kier alpha value is -5.02. The third-order valence-corrected chi connectivity index (χ3v) is 8.72. The van der Waals surface area contributed by atoms with Gasteiger partial charge < -0.3 is 29.4 Å². The average molecular weight is 667 g/mol. The van der Waals surface area contributed by atoms with Gasteiger partial charge in [-0.25, -0.2) is 0 Å². The van der Waals surface area contributed by atoms with Crippen LogP contribution in [0.5, 0.6) is 17.2 Å². The van der Waals surface area contributed by atoms with Crippen molar-refractivity contribution in [3.05, 3.63) is 134 Å². The largest absolute Gasteiger partial charge is 0.507 e. The van der Waals surface area contributed by atoms with Gasteiger partial charge in [0.1, 0.15) is 17.2 Å². The summed E-state index contributed by atoms with van der Waals surface area (Å²) in [7, 11) is 4.87. The summed E-state index contributed by atoms with van der Waals surface area (Å²) in [6.45, 7) is 0.307. The van der Waals surface area contributed by atoms with E-state index >= 15 is 0 Å². The van der Waals surface area contributed by atoms with Crippen molar-refractivity contribution < 1.29 is 19.4 Å². The summed E-state index contributed by atoms with van der Waals surface area (Å²) in [5, 5.41) is 16.3. The van der Waals surface area contributed by atoms with Crippen LogP contribution >= 0.6 is 15.9 Å². The van der Waals surface area contributed by atoms with Gasteiger partial charge in [0.25, 0.3) is 11.5 Å². The minimum absolute atomic E-state index is 0.0645. The van der Waals surface area contributed by atoms with Crippen LogP contribution in [0.4, 0.5) is 0 Å². The van der Waals surface area contributed by atoms with E-state index in [2.05, 4.69) is 26.2 Å². The second-order valence-corrected chi connectivity index (χ2v) is 11.7. The summed E-state index contributed by atoms with van der Waals surface area (Å²) in [6.07, 6.45) is 0.433. The molecule has 1 unspecified atom stereocenters. The molecule has 0 aliphatic rings. The lowest BCUT2D eigenvalue weighted by atomic mass is 9.85. The first-order valence-electron chi connectivity index (χ1n) is 14.5. The van der Waals surface area contributed by atoms with Crippen LogP contribution in [0.25, 0.3) is 21.8 Å². The van der Waals surface area contributed by atoms with E-state index < -0.39 is 5.92 Å². The maximum absolute atomic E-state index is 14.1. The zero-order chi connectivity index (χ0) is 31.7. The second kappa shape index (κ2) is 12.5. The number of nitrogens with zero attached hydrogens (tertiary/aromatic N) is 1. The molecule has 0 saturated heterocycles. The fraction of sp³-hybridized carbons (Fsp3) is 0.167. The van der Waals surface area contributed by atoms with E-state index in [0.29, 0.717) is 40.9 Å². The molecule has 0 fully saturated rings. The van der Waals surface area contributed by atoms with Gasteiger partial charge in [-0.3, -0.25) is 9.59 Å². The molecule has 9 heteroatoms. The number of methoxy groups -OCH3 is 2. The Morgan fingerprint density at radius 2 is 1.73 bits per heavy atom. The van der Waals surface area contributed by atoms with Crippen molar-refractivity contribution in [2.24, 2.45) is 7.05 Å². The van der Waals surface area contributed by atoms with Crippen LogP contribution in [0.2, 0.25) is 0 Å². The van der Waals surface area contributed by atoms with Gasteiger partial charge in [0.05, 0.1) is 36.8 Å². The third-order valence-electron chi connectivity index (χ3n) is 8.23. The van der Waals surface area contributed by atoms with Crippen molar-refractivity contribution >= 4 is 43.6 Å². The monoisotopic (exact) mass is 665 g/mol. The average Bonchev–Trinajstić information content (AvgIpc) is 3.42. The standard InChI is InChI=1S/C36H32BrN3O5/c1-40-29-13-6-4-11-25(29)34(41)32(36(40)43)31(21-9-8-10-22(37)19-21)33-24(27-20-23(44-2)15-16-28(27)39-33)17-18-38-35(42)26-12-5-7-14-30(26)45-3/h4-16,19-20,31,39,41H,17-18H2,1-3H3,(H,38,42). The number of carbonyl (C=O) groups is 1. The Morgan fingerprint density at radius 3 is 2.51 bits per heavy atom. The van der Waals surface area contributed by atoms with Gasteiger partial charge in [-0.15, -0.1) is 0 Å². The fourth-order valence-electron chi connectivity index (χ4n) is 6.05. The number of amides is 1. The van der Waals surface area contributed by atoms with Gasteiger partial charge in [-0.05, 0) is 72.1 Å². The molecule has 0 radical (unpaired) electrons. The molecule has 6 aromatic rings. The molecule has 2 heterocycles. The highest BCUT2D eigenvalue weighted by Crippen LogP contribution is 2.42. The molecule has 0 saturated carbocycles. The van der Waals surface area contributed by atoms with Gasteiger partial charge in [0.2, 0.25) is 0 Å². The summed E-state index contributed by atoms with van der Waals surface area (Å²) < 4.78 is 13.4. The molecule has 0 aliphatic heterocycles. The number of carbonyl (C=O) groups excluding carboxylic acids is 1. The van der Waals surface area contributed by atoms with Gasteiger partial charge in [0, 0.05) is 40.0 Å². The van der Waals surface area contributed by atoms with E-state index in [1.54, 1.807) is 36.9 Å². The molecule has 1 atom stereocenters. The number of pyridine rings is 1. The highest BCUT2D eigenvalue weighted by atomic mass is 79.9. The van der Waals surface area contributed by atoms with E-state index in [1.165, 1.54) is 7.11 Å². The Morgan fingerprint density at radius 1 is 0.956 bits per heavy atom. The van der Waals surface area contributed by atoms with Crippen LogP contribution < -0.4 is 20.3 Å². The number of rotatable bonds is 9. The van der Waals surface area contributed by atoms with E-state index in [0.717, 1.165) is 32.2 Å². The smallest absolute Gasteiger partial charge is 0.258 e. The number of benzene rings is 4. The normalized spacial score (nSPS) is 11.9. The Kier molecular flexibility index (Phi) is 8.36. The lowest BCUT2D eigenvalue weighted by Crippen LogP contribution is -2.27. The van der Waals surface area contributed by atoms with Crippen LogP contribution in [-0.4, -0.2) is 41.3 Å². The summed E-state index contributed by atoms with van der Waals surface area (Å²) >= 11 is 3.60. The third kappa shape index (κ3) is 5.55. The van der Waals surface area contributed by atoms with Crippen LogP contribution in [0.3, 0.4) is 0 Å². The van der Waals surface area contributed by atoms with E-state index in [4.69, 9.17) is 9.47 Å². The van der Waals surface area contributed by atoms with Crippen LogP contribution in [-0.2, 0) is 13.5 Å². The number of fused-ring (bicyclic) bond motifs is 2. The zero-order valence-corrected chi connectivity index (χ0v) is 26.6. The molecular weight excluding hydrogens is 634 g/mol. The Labute approximate surface area is 268 Å². The molecule has 228 valence electrons. The molecule has 3 N–H and O–H groups in total. The summed E-state index contributed by atoms with van der Waals surface area (Å²) in [5.74, 6) is 0.186. The van der Waals surface area contributed by atoms with Gasteiger partial charge in [0.15, 0.2) is 0 Å². The number of aryl methyl sites for hydroxylation is 1. The number of aromatic hydroxyl groups is 1. The first-order chi connectivity index (χ1) is 21.8. The van der Waals surface area contributed by atoms with Crippen LogP contribution in [0, 0.1) is 0 Å². The molecule has 45 heavy (non-hydrogen) atoms. The summed E-state index contributed by atoms with van der Waals surface area (Å²) in [5.41, 5.74) is 4.32. The topological polar surface area (TPSA) is 106 Å². The maximum atomic E-state index is 14.1. The molecule has 0 aliphatic carbocycles. The summed E-state index contributed by atoms with van der Waals surface area (Å²) in [4.78, 5) is 30.9. The van der Waals surface area contributed by atoms with Crippen molar-refractivity contribution in [3.63, 3.8) is 0 Å². The number of aromatic amines is 1. The highest BCUT2D eigenvalue weighted by Gasteiger charge is 2.30. The first kappa shape index (κ1) is 30.0. The minimum Gasteiger partial charge on any atom is -0.507 e. The minimum atomic E-state index is -0.663. The van der Waals surface area contributed by atoms with Crippen LogP contribution in [0.1, 0.15) is 38.7 Å². The first-order valence-corrected chi connectivity index (χ1v) is 15.3. The predicted molar refractivity (Wildman–Crippen MR) is 180 cm³/mol. The van der Waals surface area contributed by atoms with E-state index in [-0.39, 0.29) is 22.8 Å². The molecule has 0 spiro atoms. The van der Waals surface area contributed by atoms with Crippen molar-refractivity contribution in [1.29, 1.82) is 0 Å². The molecule has 4 aromatic carbocycles. The number of nitrogens with one attached hydrogen (secondary N) is 2. The molecular formula is C36H32BrN3O5. The number of halogens is 1. The number of hydrogen-bond acceptors (Lipinski definition) is 5. The van der Waals surface area contributed by atoms with Gasteiger partial charge in [-0.1, -0.05) is 52.3 Å². The second-order valence-electron chi connectivity index (χ2n) is 10.8. The number of ether oxygens (including phenoxy) is 2. The number of hydrogen-bond donors (Lipinski definition) is 3. The van der Waals surface area contributed by atoms with Crippen molar-refractivity contribution in [1.82, 2.24) is 14.9 Å².